The summed E-state index contributed by atoms with van der Waals surface area (Å²) >= 11 is 0. The molecule has 0 spiro atoms. The van der Waals surface area contributed by atoms with E-state index in [0.29, 0.717) is 18.7 Å². The van der Waals surface area contributed by atoms with Crippen LogP contribution in [0, 0.1) is 0 Å². The Bertz CT molecular complexity index is 1220. The largest absolute Gasteiger partial charge is 0.493 e. The molecule has 0 saturated heterocycles. The second-order valence-electron chi connectivity index (χ2n) is 7.74. The van der Waals surface area contributed by atoms with Gasteiger partial charge in [0, 0.05) is 24.5 Å². The number of carbonyl (C=O) groups excluding carboxylic acids is 1. The maximum atomic E-state index is 12.5. The Morgan fingerprint density at radius 2 is 1.82 bits per heavy atom. The third-order valence-electron chi connectivity index (χ3n) is 5.45. The summed E-state index contributed by atoms with van der Waals surface area (Å²) in [5.41, 5.74) is 3.74. The number of fused-ring (bicyclic) bond motifs is 1. The predicted molar refractivity (Wildman–Crippen MR) is 130 cm³/mol. The number of benzene rings is 2. The normalized spacial score (nSPS) is 10.8. The Morgan fingerprint density at radius 1 is 1.03 bits per heavy atom. The highest BCUT2D eigenvalue weighted by Crippen LogP contribution is 2.20. The Labute approximate surface area is 194 Å². The van der Waals surface area contributed by atoms with E-state index in [0.717, 1.165) is 54.0 Å². The van der Waals surface area contributed by atoms with Gasteiger partial charge in [0.1, 0.15) is 11.6 Å². The van der Waals surface area contributed by atoms with Crippen molar-refractivity contribution in [2.24, 2.45) is 0 Å². The number of para-hydroxylation sites is 3. The summed E-state index contributed by atoms with van der Waals surface area (Å²) in [6.45, 7) is 5.63. The number of allylic oxidation sites excluding steroid dienone is 1. The van der Waals surface area contributed by atoms with Crippen LogP contribution in [0.2, 0.25) is 0 Å². The minimum Gasteiger partial charge on any atom is -0.493 e. The Kier molecular flexibility index (Phi) is 7.48. The number of rotatable bonds is 11. The van der Waals surface area contributed by atoms with Gasteiger partial charge in [-0.05, 0) is 55.2 Å². The molecule has 33 heavy (non-hydrogen) atoms. The van der Waals surface area contributed by atoms with E-state index in [2.05, 4.69) is 33.6 Å². The van der Waals surface area contributed by atoms with E-state index in [1.165, 1.54) is 0 Å². The quantitative estimate of drug-likeness (QED) is 0.265. The van der Waals surface area contributed by atoms with Crippen LogP contribution < -0.4 is 10.1 Å². The van der Waals surface area contributed by atoms with Crippen LogP contribution in [-0.2, 0) is 19.5 Å². The lowest BCUT2D eigenvalue weighted by atomic mass is 10.1. The van der Waals surface area contributed by atoms with Crippen LogP contribution in [0.3, 0.4) is 0 Å². The zero-order valence-electron chi connectivity index (χ0n) is 18.6. The number of nitrogens with zero attached hydrogens (tertiary/aromatic N) is 3. The first-order chi connectivity index (χ1) is 16.3. The molecule has 4 aromatic rings. The molecule has 2 heterocycles. The van der Waals surface area contributed by atoms with Crippen molar-refractivity contribution in [1.82, 2.24) is 19.9 Å². The number of nitrogens with one attached hydrogen (secondary N) is 1. The van der Waals surface area contributed by atoms with Crippen molar-refractivity contribution in [3.8, 4) is 5.75 Å². The Morgan fingerprint density at radius 3 is 2.67 bits per heavy atom. The van der Waals surface area contributed by atoms with Crippen LogP contribution in [0.25, 0.3) is 11.0 Å². The van der Waals surface area contributed by atoms with Crippen molar-refractivity contribution in [2.75, 3.05) is 6.61 Å². The molecule has 0 unspecified atom stereocenters. The molecular formula is C27H28N4O2. The number of aromatic nitrogens is 3. The van der Waals surface area contributed by atoms with Gasteiger partial charge < -0.3 is 14.6 Å². The second-order valence-corrected chi connectivity index (χ2v) is 7.74. The molecule has 6 heteroatoms. The van der Waals surface area contributed by atoms with Gasteiger partial charge in [-0.25, -0.2) is 4.98 Å². The average Bonchev–Trinajstić information content (AvgIpc) is 3.21. The molecule has 0 radical (unpaired) electrons. The fourth-order valence-corrected chi connectivity index (χ4v) is 3.80. The molecular weight excluding hydrogens is 412 g/mol. The lowest BCUT2D eigenvalue weighted by Crippen LogP contribution is -2.24. The van der Waals surface area contributed by atoms with E-state index in [-0.39, 0.29) is 5.91 Å². The standard InChI is InChI=1S/C27H28N4O2/c1-2-9-21-10-3-6-13-25(21)33-19-8-7-18-31-24-12-5-4-11-23(24)30-26(31)20-29-27(32)22-14-16-28-17-15-22/h2-6,10-17H,1,7-9,18-20H2,(H,29,32). The summed E-state index contributed by atoms with van der Waals surface area (Å²) in [6.07, 6.45) is 7.77. The summed E-state index contributed by atoms with van der Waals surface area (Å²) in [5, 5.41) is 2.98. The van der Waals surface area contributed by atoms with Crippen molar-refractivity contribution < 1.29 is 9.53 Å². The number of hydrogen-bond acceptors (Lipinski definition) is 4. The number of hydrogen-bond donors (Lipinski definition) is 1. The van der Waals surface area contributed by atoms with Gasteiger partial charge >= 0.3 is 0 Å². The summed E-state index contributed by atoms with van der Waals surface area (Å²) in [5.74, 6) is 1.63. The number of unbranched alkanes of at least 4 members (excludes halogenated alkanes) is 1. The van der Waals surface area contributed by atoms with Crippen LogP contribution in [0.15, 0.2) is 85.7 Å². The number of carbonyl (C=O) groups is 1. The van der Waals surface area contributed by atoms with E-state index in [1.807, 2.05) is 42.5 Å². The van der Waals surface area contributed by atoms with Gasteiger partial charge in [0.25, 0.3) is 5.91 Å². The highest BCUT2D eigenvalue weighted by molar-refractivity contribution is 5.93. The van der Waals surface area contributed by atoms with Gasteiger partial charge in [-0.2, -0.15) is 0 Å². The minimum absolute atomic E-state index is 0.136. The highest BCUT2D eigenvalue weighted by Gasteiger charge is 2.12. The van der Waals surface area contributed by atoms with Gasteiger partial charge in [-0.3, -0.25) is 9.78 Å². The molecule has 0 saturated carbocycles. The van der Waals surface area contributed by atoms with Crippen LogP contribution >= 0.6 is 0 Å². The predicted octanol–water partition coefficient (Wildman–Crippen LogP) is 4.95. The van der Waals surface area contributed by atoms with Crippen molar-refractivity contribution in [3.63, 3.8) is 0 Å². The van der Waals surface area contributed by atoms with Gasteiger partial charge in [0.2, 0.25) is 0 Å². The van der Waals surface area contributed by atoms with Crippen molar-refractivity contribution in [1.29, 1.82) is 0 Å². The topological polar surface area (TPSA) is 69.0 Å². The van der Waals surface area contributed by atoms with E-state index < -0.39 is 0 Å². The van der Waals surface area contributed by atoms with Gasteiger partial charge in [0.05, 0.1) is 24.2 Å². The van der Waals surface area contributed by atoms with E-state index in [4.69, 9.17) is 9.72 Å². The maximum absolute atomic E-state index is 12.5. The zero-order valence-corrected chi connectivity index (χ0v) is 18.6. The molecule has 2 aromatic carbocycles. The summed E-state index contributed by atoms with van der Waals surface area (Å²) in [6, 6.07) is 19.5. The number of ether oxygens (including phenoxy) is 1. The zero-order chi connectivity index (χ0) is 22.9. The van der Waals surface area contributed by atoms with E-state index >= 15 is 0 Å². The molecule has 6 nitrogen and oxygen atoms in total. The third kappa shape index (κ3) is 5.66. The maximum Gasteiger partial charge on any atom is 0.251 e. The molecule has 2 aromatic heterocycles. The molecule has 0 aliphatic rings. The molecule has 168 valence electrons. The number of aryl methyl sites for hydroxylation is 1. The molecule has 0 bridgehead atoms. The first kappa shape index (κ1) is 22.3. The molecule has 0 fully saturated rings. The molecule has 0 aliphatic carbocycles. The van der Waals surface area contributed by atoms with Crippen molar-refractivity contribution in [3.05, 3.63) is 103 Å². The Balaban J connectivity index is 1.37. The monoisotopic (exact) mass is 440 g/mol. The second kappa shape index (κ2) is 11.1. The smallest absolute Gasteiger partial charge is 0.251 e. The Hall–Kier alpha value is -3.93. The van der Waals surface area contributed by atoms with Gasteiger partial charge in [0.15, 0.2) is 0 Å². The molecule has 1 amide bonds. The minimum atomic E-state index is -0.136. The van der Waals surface area contributed by atoms with Crippen LogP contribution in [0.1, 0.15) is 34.6 Å². The highest BCUT2D eigenvalue weighted by atomic mass is 16.5. The van der Waals surface area contributed by atoms with Gasteiger partial charge in [-0.15, -0.1) is 6.58 Å². The van der Waals surface area contributed by atoms with E-state index in [1.54, 1.807) is 24.5 Å². The average molecular weight is 441 g/mol. The number of amides is 1. The summed E-state index contributed by atoms with van der Waals surface area (Å²) in [4.78, 5) is 21.2. The van der Waals surface area contributed by atoms with Crippen molar-refractivity contribution in [2.45, 2.75) is 32.4 Å². The van der Waals surface area contributed by atoms with Crippen LogP contribution in [-0.4, -0.2) is 27.0 Å². The SMILES string of the molecule is C=CCc1ccccc1OCCCCn1c(CNC(=O)c2ccncc2)nc2ccccc21. The first-order valence-electron chi connectivity index (χ1n) is 11.2. The van der Waals surface area contributed by atoms with Gasteiger partial charge in [-0.1, -0.05) is 36.4 Å². The first-order valence-corrected chi connectivity index (χ1v) is 11.2. The number of pyridine rings is 1. The summed E-state index contributed by atoms with van der Waals surface area (Å²) < 4.78 is 8.21. The third-order valence-corrected chi connectivity index (χ3v) is 5.45. The lowest BCUT2D eigenvalue weighted by molar-refractivity contribution is 0.0949. The van der Waals surface area contributed by atoms with E-state index in [9.17, 15) is 4.79 Å². The van der Waals surface area contributed by atoms with Crippen LogP contribution in [0.4, 0.5) is 0 Å². The summed E-state index contributed by atoms with van der Waals surface area (Å²) in [7, 11) is 0. The molecule has 4 rings (SSSR count). The molecule has 0 atom stereocenters. The molecule has 1 N–H and O–H groups in total. The number of imidazole rings is 1. The fourth-order valence-electron chi connectivity index (χ4n) is 3.80. The van der Waals surface area contributed by atoms with Crippen LogP contribution in [0.5, 0.6) is 5.75 Å². The lowest BCUT2D eigenvalue weighted by Gasteiger charge is -2.12. The van der Waals surface area contributed by atoms with Crippen molar-refractivity contribution >= 4 is 16.9 Å². The molecule has 0 aliphatic heterocycles. The fraction of sp³-hybridized carbons (Fsp3) is 0.222.